The van der Waals surface area contributed by atoms with E-state index >= 15 is 0 Å². The molecule has 1 N–H and O–H groups in total. The predicted molar refractivity (Wildman–Crippen MR) is 71.6 cm³/mol. The molecule has 1 saturated heterocycles. The molecule has 1 aliphatic heterocycles. The first-order valence-electron chi connectivity index (χ1n) is 5.63. The van der Waals surface area contributed by atoms with E-state index in [4.69, 9.17) is 21.1 Å². The number of halogens is 1. The summed E-state index contributed by atoms with van der Waals surface area (Å²) in [6, 6.07) is 5.03. The van der Waals surface area contributed by atoms with Crippen LogP contribution >= 0.6 is 24.2 Å². The highest BCUT2D eigenvalue weighted by atomic mass is 35.5. The molecule has 98 valence electrons. The van der Waals surface area contributed by atoms with Crippen molar-refractivity contribution in [2.45, 2.75) is 11.0 Å². The van der Waals surface area contributed by atoms with Gasteiger partial charge in [0.2, 0.25) is 0 Å². The van der Waals surface area contributed by atoms with Crippen molar-refractivity contribution in [3.05, 3.63) is 28.8 Å². The largest absolute Gasteiger partial charge is 0.376 e. The van der Waals surface area contributed by atoms with Crippen molar-refractivity contribution in [3.8, 4) is 0 Å². The van der Waals surface area contributed by atoms with Gasteiger partial charge in [-0.2, -0.15) is 0 Å². The van der Waals surface area contributed by atoms with Gasteiger partial charge in [0, 0.05) is 11.4 Å². The summed E-state index contributed by atoms with van der Waals surface area (Å²) in [5.41, 5.74) is 0.417. The third kappa shape index (κ3) is 3.62. The van der Waals surface area contributed by atoms with E-state index in [2.05, 4.69) is 17.9 Å². The van der Waals surface area contributed by atoms with E-state index in [1.165, 1.54) is 0 Å². The van der Waals surface area contributed by atoms with Gasteiger partial charge < -0.3 is 14.8 Å². The van der Waals surface area contributed by atoms with Gasteiger partial charge in [0.25, 0.3) is 5.91 Å². The average Bonchev–Trinajstić information content (AvgIpc) is 2.40. The maximum Gasteiger partial charge on any atom is 0.252 e. The number of nitrogens with one attached hydrogen (secondary N) is 1. The van der Waals surface area contributed by atoms with Crippen molar-refractivity contribution in [1.82, 2.24) is 5.32 Å². The summed E-state index contributed by atoms with van der Waals surface area (Å²) >= 11 is 10.1. The molecule has 1 aromatic carbocycles. The van der Waals surface area contributed by atoms with Crippen LogP contribution < -0.4 is 5.32 Å². The van der Waals surface area contributed by atoms with E-state index in [1.807, 2.05) is 0 Å². The topological polar surface area (TPSA) is 47.6 Å². The molecule has 1 amide bonds. The Balaban J connectivity index is 1.92. The number of rotatable bonds is 3. The molecule has 0 bridgehead atoms. The molecule has 1 heterocycles. The lowest BCUT2D eigenvalue weighted by Gasteiger charge is -2.23. The fraction of sp³-hybridized carbons (Fsp3) is 0.417. The summed E-state index contributed by atoms with van der Waals surface area (Å²) in [6.45, 7) is 2.08. The van der Waals surface area contributed by atoms with Crippen molar-refractivity contribution >= 4 is 30.1 Å². The lowest BCUT2D eigenvalue weighted by molar-refractivity contribution is -0.0855. The second-order valence-electron chi connectivity index (χ2n) is 3.94. The number of benzene rings is 1. The van der Waals surface area contributed by atoms with Crippen LogP contribution in [0.5, 0.6) is 0 Å². The second-order valence-corrected chi connectivity index (χ2v) is 4.87. The lowest BCUT2D eigenvalue weighted by Crippen LogP contribution is -2.39. The minimum atomic E-state index is -0.231. The van der Waals surface area contributed by atoms with Gasteiger partial charge in [-0.05, 0) is 18.2 Å². The zero-order valence-corrected chi connectivity index (χ0v) is 11.3. The van der Waals surface area contributed by atoms with E-state index in [-0.39, 0.29) is 12.0 Å². The molecule has 1 unspecified atom stereocenters. The van der Waals surface area contributed by atoms with E-state index in [0.29, 0.717) is 41.8 Å². The van der Waals surface area contributed by atoms with Crippen LogP contribution in [-0.2, 0) is 9.47 Å². The minimum absolute atomic E-state index is 0.0966. The van der Waals surface area contributed by atoms with Gasteiger partial charge in [-0.15, -0.1) is 12.6 Å². The molecule has 1 aromatic rings. The molecule has 0 aliphatic carbocycles. The van der Waals surface area contributed by atoms with Gasteiger partial charge in [-0.3, -0.25) is 4.79 Å². The third-order valence-electron chi connectivity index (χ3n) is 2.57. The Kier molecular flexibility index (Phi) is 4.88. The highest BCUT2D eigenvalue weighted by Gasteiger charge is 2.17. The fourth-order valence-electron chi connectivity index (χ4n) is 1.64. The Hall–Kier alpha value is -0.750. The second kappa shape index (κ2) is 6.43. The van der Waals surface area contributed by atoms with E-state index in [9.17, 15) is 4.79 Å². The number of carbonyl (C=O) groups excluding carboxylic acids is 1. The van der Waals surface area contributed by atoms with Crippen LogP contribution in [0.3, 0.4) is 0 Å². The van der Waals surface area contributed by atoms with Gasteiger partial charge in [-0.1, -0.05) is 11.6 Å². The smallest absolute Gasteiger partial charge is 0.252 e. The molecule has 4 nitrogen and oxygen atoms in total. The molecule has 6 heteroatoms. The first-order chi connectivity index (χ1) is 8.66. The van der Waals surface area contributed by atoms with Crippen molar-refractivity contribution in [2.24, 2.45) is 0 Å². The van der Waals surface area contributed by atoms with E-state index < -0.39 is 0 Å². The maximum atomic E-state index is 11.9. The Morgan fingerprint density at radius 1 is 1.50 bits per heavy atom. The van der Waals surface area contributed by atoms with Crippen LogP contribution in [0.15, 0.2) is 23.1 Å². The van der Waals surface area contributed by atoms with Crippen molar-refractivity contribution in [2.75, 3.05) is 26.4 Å². The number of hydrogen-bond donors (Lipinski definition) is 2. The van der Waals surface area contributed by atoms with Crippen LogP contribution in [0.25, 0.3) is 0 Å². The van der Waals surface area contributed by atoms with Crippen LogP contribution in [0.1, 0.15) is 10.4 Å². The third-order valence-corrected chi connectivity index (χ3v) is 3.18. The minimum Gasteiger partial charge on any atom is -0.376 e. The molecular weight excluding hydrogens is 274 g/mol. The molecule has 0 saturated carbocycles. The van der Waals surface area contributed by atoms with Crippen LogP contribution in [-0.4, -0.2) is 38.4 Å². The first kappa shape index (κ1) is 13.7. The summed E-state index contributed by atoms with van der Waals surface area (Å²) in [5, 5.41) is 3.18. The van der Waals surface area contributed by atoms with Gasteiger partial charge in [0.05, 0.1) is 36.5 Å². The molecule has 1 atom stereocenters. The van der Waals surface area contributed by atoms with Gasteiger partial charge in [0.1, 0.15) is 0 Å². The van der Waals surface area contributed by atoms with Crippen molar-refractivity contribution < 1.29 is 14.3 Å². The maximum absolute atomic E-state index is 11.9. The molecule has 18 heavy (non-hydrogen) atoms. The standard InChI is InChI=1S/C12H14ClNO3S/c13-11-2-1-9(18)5-10(11)12(15)14-6-8-7-16-3-4-17-8/h1-2,5,8,18H,3-4,6-7H2,(H,14,15). The fourth-order valence-corrected chi connectivity index (χ4v) is 2.05. The van der Waals surface area contributed by atoms with Gasteiger partial charge in [0.15, 0.2) is 0 Å². The zero-order valence-electron chi connectivity index (χ0n) is 9.69. The Bertz CT molecular complexity index is 435. The average molecular weight is 288 g/mol. The first-order valence-corrected chi connectivity index (χ1v) is 6.45. The quantitative estimate of drug-likeness (QED) is 0.833. The highest BCUT2D eigenvalue weighted by Crippen LogP contribution is 2.19. The van der Waals surface area contributed by atoms with Crippen LogP contribution in [0, 0.1) is 0 Å². The van der Waals surface area contributed by atoms with Crippen LogP contribution in [0.4, 0.5) is 0 Å². The molecule has 1 aliphatic rings. The monoisotopic (exact) mass is 287 g/mol. The van der Waals surface area contributed by atoms with Crippen LogP contribution in [0.2, 0.25) is 5.02 Å². The number of amides is 1. The molecule has 0 spiro atoms. The SMILES string of the molecule is O=C(NCC1COCCO1)c1cc(S)ccc1Cl. The Morgan fingerprint density at radius 2 is 2.33 bits per heavy atom. The number of carbonyl (C=O) groups is 1. The normalized spacial score (nSPS) is 19.6. The van der Waals surface area contributed by atoms with E-state index in [0.717, 1.165) is 0 Å². The summed E-state index contributed by atoms with van der Waals surface area (Å²) in [7, 11) is 0. The van der Waals surface area contributed by atoms with Gasteiger partial charge in [-0.25, -0.2) is 0 Å². The molecule has 1 fully saturated rings. The predicted octanol–water partition coefficient (Wildman–Crippen LogP) is 1.77. The Morgan fingerprint density at radius 3 is 3.06 bits per heavy atom. The van der Waals surface area contributed by atoms with Gasteiger partial charge >= 0.3 is 0 Å². The molecule has 2 rings (SSSR count). The highest BCUT2D eigenvalue weighted by molar-refractivity contribution is 7.80. The summed E-state index contributed by atoms with van der Waals surface area (Å²) in [5.74, 6) is -0.231. The Labute approximate surface area is 116 Å². The summed E-state index contributed by atoms with van der Waals surface area (Å²) < 4.78 is 10.7. The summed E-state index contributed by atoms with van der Waals surface area (Å²) in [4.78, 5) is 12.6. The van der Waals surface area contributed by atoms with Crippen molar-refractivity contribution in [3.63, 3.8) is 0 Å². The number of hydrogen-bond acceptors (Lipinski definition) is 4. The van der Waals surface area contributed by atoms with Crippen molar-refractivity contribution in [1.29, 1.82) is 0 Å². The molecule has 0 aromatic heterocycles. The molecular formula is C12H14ClNO3S. The molecule has 0 radical (unpaired) electrons. The summed E-state index contributed by atoms with van der Waals surface area (Å²) in [6.07, 6.45) is -0.0966. The van der Waals surface area contributed by atoms with E-state index in [1.54, 1.807) is 18.2 Å². The number of thiol groups is 1. The zero-order chi connectivity index (χ0) is 13.0. The lowest BCUT2D eigenvalue weighted by atomic mass is 10.2. The number of ether oxygens (including phenoxy) is 2.